The van der Waals surface area contributed by atoms with Crippen LogP contribution in [0.25, 0.3) is 27.2 Å². The number of pyridine rings is 2. The number of rotatable bonds is 0. The standard InChI is InChI=1S/C12H8N2O.CNS.CH4O.CH3O.Cu/c15-10-6-5-9-4-3-8-2-1-7-13-11(8)12(9)14-10;2-1-3;2*1-2;/h1-7H,(H,14,15);;2H,1H3;1H3;/q;-1;;-1;+2. The van der Waals surface area contributed by atoms with Crippen LogP contribution in [-0.2, 0) is 17.1 Å². The molecule has 0 aliphatic heterocycles. The average Bonchev–Trinajstić information content (AvgIpc) is 2.59. The van der Waals surface area contributed by atoms with Gasteiger partial charge < -0.3 is 20.7 Å². The molecule has 3 aromatic rings. The van der Waals surface area contributed by atoms with Crippen molar-refractivity contribution >= 4 is 39.2 Å². The van der Waals surface area contributed by atoms with E-state index in [1.807, 2.05) is 30.3 Å². The fourth-order valence-corrected chi connectivity index (χ4v) is 1.71. The molecule has 8 heteroatoms. The van der Waals surface area contributed by atoms with E-state index in [0.29, 0.717) is 0 Å². The van der Waals surface area contributed by atoms with Gasteiger partial charge in [0.2, 0.25) is 5.88 Å². The summed E-state index contributed by atoms with van der Waals surface area (Å²) < 4.78 is 0. The Morgan fingerprint density at radius 1 is 1.04 bits per heavy atom. The molecule has 3 rings (SSSR count). The SMILES string of the molecule is CO.C[O-].Oc1ccc2ccc3cccnc3c2n1.[Cu+2].[N-]=C=S. The minimum absolute atomic E-state index is 0. The normalized spacial score (nSPS) is 8.00. The Morgan fingerprint density at radius 2 is 1.52 bits per heavy atom. The summed E-state index contributed by atoms with van der Waals surface area (Å²) in [6, 6.07) is 11.3. The molecule has 0 fully saturated rings. The number of isothiocyanates is 1. The van der Waals surface area contributed by atoms with Crippen molar-refractivity contribution in [1.29, 1.82) is 0 Å². The summed E-state index contributed by atoms with van der Waals surface area (Å²) >= 11 is 3.70. The summed E-state index contributed by atoms with van der Waals surface area (Å²) in [5.74, 6) is 0.0284. The molecule has 1 aromatic carbocycles. The maximum atomic E-state index is 9.35. The van der Waals surface area contributed by atoms with Gasteiger partial charge in [0, 0.05) is 30.1 Å². The summed E-state index contributed by atoms with van der Waals surface area (Å²) in [6.45, 7) is 0. The van der Waals surface area contributed by atoms with E-state index in [9.17, 15) is 5.11 Å². The average molecular weight is 381 g/mol. The first kappa shape index (κ1) is 23.3. The maximum absolute atomic E-state index is 9.35. The molecule has 2 aromatic heterocycles. The molecule has 23 heavy (non-hydrogen) atoms. The quantitative estimate of drug-likeness (QED) is 0.266. The van der Waals surface area contributed by atoms with E-state index in [1.165, 1.54) is 5.16 Å². The number of benzene rings is 1. The minimum atomic E-state index is 0. The number of thiocarbonyl (C=S) groups is 1. The Morgan fingerprint density at radius 3 is 2.09 bits per heavy atom. The number of aromatic hydroxyl groups is 1. The molecule has 0 saturated carbocycles. The molecule has 0 bridgehead atoms. The van der Waals surface area contributed by atoms with Crippen molar-refractivity contribution in [3.8, 4) is 5.88 Å². The topological polar surface area (TPSA) is 112 Å². The molecule has 1 radical (unpaired) electrons. The number of hydrogen-bond acceptors (Lipinski definition) is 6. The zero-order valence-corrected chi connectivity index (χ0v) is 14.2. The van der Waals surface area contributed by atoms with E-state index >= 15 is 0 Å². The van der Waals surface area contributed by atoms with Gasteiger partial charge in [0.25, 0.3) is 0 Å². The molecule has 2 N–H and O–H groups in total. The van der Waals surface area contributed by atoms with Crippen molar-refractivity contribution in [1.82, 2.24) is 9.97 Å². The second kappa shape index (κ2) is 13.7. The van der Waals surface area contributed by atoms with Crippen LogP contribution in [0.3, 0.4) is 0 Å². The van der Waals surface area contributed by atoms with E-state index in [4.69, 9.17) is 15.6 Å². The third kappa shape index (κ3) is 6.79. The summed E-state index contributed by atoms with van der Waals surface area (Å²) in [5, 5.41) is 35.1. The fraction of sp³-hybridized carbons (Fsp3) is 0.133. The number of fused-ring (bicyclic) bond motifs is 3. The largest absolute Gasteiger partial charge is 2.00 e. The third-order valence-electron chi connectivity index (χ3n) is 2.42. The molecular weight excluding hydrogens is 366 g/mol. The van der Waals surface area contributed by atoms with Gasteiger partial charge in [-0.2, -0.15) is 12.3 Å². The first-order chi connectivity index (χ1) is 10.8. The molecule has 0 aliphatic carbocycles. The molecule has 0 saturated heterocycles. The number of nitrogens with zero attached hydrogens (tertiary/aromatic N) is 3. The Bertz CT molecular complexity index is 750. The number of aliphatic hydroxyl groups is 1. The summed E-state index contributed by atoms with van der Waals surface area (Å²) in [5.41, 5.74) is 1.57. The van der Waals surface area contributed by atoms with E-state index < -0.39 is 0 Å². The molecule has 0 atom stereocenters. The molecule has 0 amide bonds. The predicted octanol–water partition coefficient (Wildman–Crippen LogP) is 1.73. The number of aromatic nitrogens is 2. The second-order valence-electron chi connectivity index (χ2n) is 3.47. The van der Waals surface area contributed by atoms with Crippen LogP contribution in [0, 0.1) is 0 Å². The van der Waals surface area contributed by atoms with Crippen LogP contribution in [0.15, 0.2) is 42.6 Å². The molecule has 0 spiro atoms. The summed E-state index contributed by atoms with van der Waals surface area (Å²) in [7, 11) is 1.75. The Kier molecular flexibility index (Phi) is 13.9. The van der Waals surface area contributed by atoms with Crippen LogP contribution >= 0.6 is 12.2 Å². The van der Waals surface area contributed by atoms with Gasteiger partial charge in [-0.25, -0.2) is 4.98 Å². The van der Waals surface area contributed by atoms with Crippen LogP contribution in [0.5, 0.6) is 5.88 Å². The molecule has 6 nitrogen and oxygen atoms in total. The first-order valence-corrected chi connectivity index (χ1v) is 6.37. The maximum Gasteiger partial charge on any atom is 2.00 e. The van der Waals surface area contributed by atoms with Crippen LogP contribution in [0.1, 0.15) is 0 Å². The number of aliphatic hydroxyl groups excluding tert-OH is 1. The summed E-state index contributed by atoms with van der Waals surface area (Å²) in [6.07, 6.45) is 1.73. The first-order valence-electron chi connectivity index (χ1n) is 5.96. The summed E-state index contributed by atoms with van der Waals surface area (Å²) in [4.78, 5) is 8.37. The minimum Gasteiger partial charge on any atom is -0.857 e. The zero-order valence-electron chi connectivity index (χ0n) is 12.4. The van der Waals surface area contributed by atoms with Crippen LogP contribution in [0.2, 0.25) is 0 Å². The van der Waals surface area contributed by atoms with Gasteiger partial charge in [-0.1, -0.05) is 30.4 Å². The van der Waals surface area contributed by atoms with E-state index in [-0.39, 0.29) is 22.9 Å². The van der Waals surface area contributed by atoms with Gasteiger partial charge in [0.15, 0.2) is 0 Å². The van der Waals surface area contributed by atoms with Crippen molar-refractivity contribution in [2.24, 2.45) is 0 Å². The van der Waals surface area contributed by atoms with Crippen molar-refractivity contribution in [2.75, 3.05) is 14.2 Å². The Labute approximate surface area is 149 Å². The van der Waals surface area contributed by atoms with Gasteiger partial charge in [0.1, 0.15) is 5.52 Å². The number of hydrogen-bond donors (Lipinski definition) is 2. The fourth-order valence-electron chi connectivity index (χ4n) is 1.71. The molecular formula is C15H15CuN3O3S. The molecule has 0 unspecified atom stereocenters. The van der Waals surface area contributed by atoms with Crippen molar-refractivity contribution < 1.29 is 32.4 Å². The molecule has 125 valence electrons. The van der Waals surface area contributed by atoms with Crippen molar-refractivity contribution in [3.63, 3.8) is 0 Å². The van der Waals surface area contributed by atoms with Gasteiger partial charge in [-0.05, 0) is 12.1 Å². The van der Waals surface area contributed by atoms with Gasteiger partial charge >= 0.3 is 17.1 Å². The van der Waals surface area contributed by atoms with Crippen LogP contribution in [-0.4, -0.2) is 39.6 Å². The van der Waals surface area contributed by atoms with Crippen LogP contribution in [0.4, 0.5) is 0 Å². The van der Waals surface area contributed by atoms with E-state index in [0.717, 1.165) is 36.0 Å². The predicted molar refractivity (Wildman–Crippen MR) is 88.7 cm³/mol. The Hall–Kier alpha value is -1.92. The smallest absolute Gasteiger partial charge is 0.857 e. The van der Waals surface area contributed by atoms with Crippen LogP contribution < -0.4 is 5.11 Å². The van der Waals surface area contributed by atoms with Gasteiger partial charge in [-0.15, -0.1) is 0 Å². The molecule has 0 aliphatic rings. The van der Waals surface area contributed by atoms with Crippen molar-refractivity contribution in [3.05, 3.63) is 48.0 Å². The zero-order chi connectivity index (χ0) is 17.0. The molecule has 2 heterocycles. The second-order valence-corrected chi connectivity index (χ2v) is 3.66. The van der Waals surface area contributed by atoms with Crippen molar-refractivity contribution in [2.45, 2.75) is 0 Å². The third-order valence-corrected chi connectivity index (χ3v) is 2.42. The monoisotopic (exact) mass is 380 g/mol. The van der Waals surface area contributed by atoms with Gasteiger partial charge in [-0.3, -0.25) is 4.98 Å². The van der Waals surface area contributed by atoms with E-state index in [1.54, 1.807) is 12.3 Å². The Balaban J connectivity index is 0. The van der Waals surface area contributed by atoms with Gasteiger partial charge in [0.05, 0.1) is 5.52 Å². The van der Waals surface area contributed by atoms with E-state index in [2.05, 4.69) is 22.2 Å².